The highest BCUT2D eigenvalue weighted by Gasteiger charge is 2.08. The minimum Gasteiger partial charge on any atom is -0.355 e. The van der Waals surface area contributed by atoms with E-state index < -0.39 is 0 Å². The van der Waals surface area contributed by atoms with Crippen molar-refractivity contribution in [1.29, 1.82) is 0 Å². The molecule has 0 atom stereocenters. The highest BCUT2D eigenvalue weighted by Crippen LogP contribution is 2.14. The Bertz CT molecular complexity index is 600. The molecule has 0 spiro atoms. The Kier molecular flexibility index (Phi) is 5.16. The molecule has 0 aliphatic carbocycles. The zero-order valence-corrected chi connectivity index (χ0v) is 12.3. The summed E-state index contributed by atoms with van der Waals surface area (Å²) in [6, 6.07) is 7.41. The van der Waals surface area contributed by atoms with Crippen LogP contribution >= 0.6 is 0 Å². The fourth-order valence-electron chi connectivity index (χ4n) is 2.58. The van der Waals surface area contributed by atoms with E-state index in [0.717, 1.165) is 12.1 Å². The van der Waals surface area contributed by atoms with Gasteiger partial charge in [0, 0.05) is 6.54 Å². The zero-order chi connectivity index (χ0) is 14.4. The predicted molar refractivity (Wildman–Crippen MR) is 84.2 cm³/mol. The Morgan fingerprint density at radius 1 is 1.20 bits per heavy atom. The molecule has 0 amide bonds. The topological polar surface area (TPSA) is 57.8 Å². The number of para-hydroxylation sites is 1. The minimum atomic E-state index is -0.0827. The largest absolute Gasteiger partial charge is 0.355 e. The number of H-pyrrole nitrogens is 1. The van der Waals surface area contributed by atoms with Gasteiger partial charge in [-0.25, -0.2) is 4.98 Å². The van der Waals surface area contributed by atoms with Crippen molar-refractivity contribution in [2.45, 2.75) is 39.5 Å². The van der Waals surface area contributed by atoms with Crippen LogP contribution in [0.5, 0.6) is 0 Å². The second kappa shape index (κ2) is 7.08. The van der Waals surface area contributed by atoms with Gasteiger partial charge in [0.1, 0.15) is 0 Å². The number of rotatable bonds is 7. The van der Waals surface area contributed by atoms with Gasteiger partial charge in [-0.2, -0.15) is 0 Å². The van der Waals surface area contributed by atoms with Crippen molar-refractivity contribution in [2.24, 2.45) is 5.92 Å². The Hall–Kier alpha value is -1.84. The summed E-state index contributed by atoms with van der Waals surface area (Å²) in [5.74, 6) is 1.22. The van der Waals surface area contributed by atoms with Gasteiger partial charge in [-0.05, 0) is 30.9 Å². The summed E-state index contributed by atoms with van der Waals surface area (Å²) in [4.78, 5) is 19.2. The van der Waals surface area contributed by atoms with Crippen LogP contribution in [-0.2, 0) is 0 Å². The molecule has 0 aliphatic rings. The normalized spacial score (nSPS) is 11.2. The van der Waals surface area contributed by atoms with Gasteiger partial charge in [0.05, 0.1) is 10.9 Å². The predicted octanol–water partition coefficient (Wildman–Crippen LogP) is 3.55. The number of fused-ring (bicyclic) bond motifs is 1. The first-order valence-corrected chi connectivity index (χ1v) is 7.47. The molecule has 0 aliphatic heterocycles. The smallest absolute Gasteiger partial charge is 0.260 e. The third kappa shape index (κ3) is 3.59. The lowest BCUT2D eigenvalue weighted by molar-refractivity contribution is 0.460. The monoisotopic (exact) mass is 273 g/mol. The standard InChI is InChI=1S/C16H23N3O/c1-3-7-12(8-4-2)11-17-16-18-14-10-6-5-9-13(14)15(20)19-16/h5-6,9-10,12H,3-4,7-8,11H2,1-2H3,(H2,17,18,19,20). The number of nitrogens with zero attached hydrogens (tertiary/aromatic N) is 1. The van der Waals surface area contributed by atoms with Crippen molar-refractivity contribution in [2.75, 3.05) is 11.9 Å². The average molecular weight is 273 g/mol. The van der Waals surface area contributed by atoms with Crippen LogP contribution in [0.4, 0.5) is 5.95 Å². The van der Waals surface area contributed by atoms with Crippen molar-refractivity contribution in [3.8, 4) is 0 Å². The molecule has 0 bridgehead atoms. The lowest BCUT2D eigenvalue weighted by Gasteiger charge is -2.16. The number of hydrogen-bond acceptors (Lipinski definition) is 3. The number of aromatic amines is 1. The number of nitrogens with one attached hydrogen (secondary N) is 2. The van der Waals surface area contributed by atoms with E-state index in [4.69, 9.17) is 0 Å². The lowest BCUT2D eigenvalue weighted by Crippen LogP contribution is -2.18. The number of hydrogen-bond donors (Lipinski definition) is 2. The van der Waals surface area contributed by atoms with E-state index in [9.17, 15) is 4.79 Å². The molecular weight excluding hydrogens is 250 g/mol. The summed E-state index contributed by atoms with van der Waals surface area (Å²) in [6.07, 6.45) is 4.79. The fourth-order valence-corrected chi connectivity index (χ4v) is 2.58. The van der Waals surface area contributed by atoms with Crippen LogP contribution in [0.15, 0.2) is 29.1 Å². The summed E-state index contributed by atoms with van der Waals surface area (Å²) in [7, 11) is 0. The van der Waals surface area contributed by atoms with E-state index in [1.54, 1.807) is 6.07 Å². The third-order valence-corrected chi connectivity index (χ3v) is 3.56. The Morgan fingerprint density at radius 3 is 2.60 bits per heavy atom. The van der Waals surface area contributed by atoms with Gasteiger partial charge in [-0.1, -0.05) is 38.8 Å². The summed E-state index contributed by atoms with van der Waals surface area (Å²) >= 11 is 0. The molecular formula is C16H23N3O. The average Bonchev–Trinajstić information content (AvgIpc) is 2.45. The molecule has 1 aromatic carbocycles. The van der Waals surface area contributed by atoms with Crippen LogP contribution in [0.25, 0.3) is 10.9 Å². The van der Waals surface area contributed by atoms with Gasteiger partial charge in [0.15, 0.2) is 0 Å². The summed E-state index contributed by atoms with van der Waals surface area (Å²) in [6.45, 7) is 5.28. The third-order valence-electron chi connectivity index (χ3n) is 3.56. The van der Waals surface area contributed by atoms with E-state index in [1.165, 1.54) is 25.7 Å². The molecule has 1 aromatic heterocycles. The Morgan fingerprint density at radius 2 is 1.90 bits per heavy atom. The molecule has 2 aromatic rings. The molecule has 2 rings (SSSR count). The maximum Gasteiger partial charge on any atom is 0.260 e. The first kappa shape index (κ1) is 14.6. The van der Waals surface area contributed by atoms with Crippen LogP contribution in [0.2, 0.25) is 0 Å². The quantitative estimate of drug-likeness (QED) is 0.811. The van der Waals surface area contributed by atoms with Crippen molar-refractivity contribution < 1.29 is 0 Å². The second-order valence-corrected chi connectivity index (χ2v) is 5.26. The molecule has 4 heteroatoms. The first-order valence-electron chi connectivity index (χ1n) is 7.47. The van der Waals surface area contributed by atoms with Gasteiger partial charge < -0.3 is 5.32 Å². The van der Waals surface area contributed by atoms with Crippen molar-refractivity contribution in [1.82, 2.24) is 9.97 Å². The molecule has 0 saturated carbocycles. The van der Waals surface area contributed by atoms with Crippen LogP contribution in [-0.4, -0.2) is 16.5 Å². The summed E-state index contributed by atoms with van der Waals surface area (Å²) in [5, 5.41) is 3.92. The lowest BCUT2D eigenvalue weighted by atomic mass is 9.98. The number of anilines is 1. The van der Waals surface area contributed by atoms with E-state index in [2.05, 4.69) is 29.1 Å². The maximum atomic E-state index is 12.0. The van der Waals surface area contributed by atoms with Crippen LogP contribution < -0.4 is 10.9 Å². The van der Waals surface area contributed by atoms with Crippen LogP contribution in [0, 0.1) is 5.92 Å². The Balaban J connectivity index is 2.11. The van der Waals surface area contributed by atoms with E-state index in [1.807, 2.05) is 18.2 Å². The summed E-state index contributed by atoms with van der Waals surface area (Å²) in [5.41, 5.74) is 0.655. The molecule has 20 heavy (non-hydrogen) atoms. The number of benzene rings is 1. The molecule has 0 radical (unpaired) electrons. The molecule has 1 heterocycles. The van der Waals surface area contributed by atoms with Gasteiger partial charge in [-0.3, -0.25) is 9.78 Å². The van der Waals surface area contributed by atoms with Crippen molar-refractivity contribution in [3.63, 3.8) is 0 Å². The maximum absolute atomic E-state index is 12.0. The molecule has 0 saturated heterocycles. The second-order valence-electron chi connectivity index (χ2n) is 5.26. The van der Waals surface area contributed by atoms with E-state index in [0.29, 0.717) is 17.3 Å². The SMILES string of the molecule is CCCC(CCC)CNc1nc2ccccc2c(=O)[nH]1. The Labute approximate surface area is 119 Å². The van der Waals surface area contributed by atoms with Crippen molar-refractivity contribution >= 4 is 16.9 Å². The zero-order valence-electron chi connectivity index (χ0n) is 12.3. The summed E-state index contributed by atoms with van der Waals surface area (Å²) < 4.78 is 0. The minimum absolute atomic E-state index is 0.0827. The molecule has 4 nitrogen and oxygen atoms in total. The van der Waals surface area contributed by atoms with Crippen LogP contribution in [0.1, 0.15) is 39.5 Å². The highest BCUT2D eigenvalue weighted by atomic mass is 16.1. The van der Waals surface area contributed by atoms with Gasteiger partial charge in [0.2, 0.25) is 5.95 Å². The van der Waals surface area contributed by atoms with Gasteiger partial charge in [0.25, 0.3) is 5.56 Å². The van der Waals surface area contributed by atoms with Gasteiger partial charge in [-0.15, -0.1) is 0 Å². The fraction of sp³-hybridized carbons (Fsp3) is 0.500. The molecule has 108 valence electrons. The molecule has 0 fully saturated rings. The first-order chi connectivity index (χ1) is 9.74. The van der Waals surface area contributed by atoms with Gasteiger partial charge >= 0.3 is 0 Å². The number of aromatic nitrogens is 2. The van der Waals surface area contributed by atoms with E-state index in [-0.39, 0.29) is 5.56 Å². The van der Waals surface area contributed by atoms with Crippen LogP contribution in [0.3, 0.4) is 0 Å². The highest BCUT2D eigenvalue weighted by molar-refractivity contribution is 5.78. The van der Waals surface area contributed by atoms with Crippen molar-refractivity contribution in [3.05, 3.63) is 34.6 Å². The molecule has 2 N–H and O–H groups in total. The van der Waals surface area contributed by atoms with E-state index >= 15 is 0 Å². The molecule has 0 unspecified atom stereocenters.